The molecule has 7 nitrogen and oxygen atoms in total. The maximum Gasteiger partial charge on any atom is 0.233 e. The molecular formula is C14H21N5O2S. The van der Waals surface area contributed by atoms with E-state index in [-0.39, 0.29) is 11.2 Å². The Bertz CT molecular complexity index is 631. The SMILES string of the molecule is CCOCCCNC(=O)C(C)Sc1ncnc2c1cnn2C. The standard InChI is InChI=1S/C14H21N5O2S/c1-4-21-7-5-6-15-13(20)10(2)22-14-11-8-18-19(3)12(11)16-9-17-14/h8-10H,4-7H2,1-3H3,(H,15,20). The van der Waals surface area contributed by atoms with Gasteiger partial charge in [-0.05, 0) is 20.3 Å². The molecule has 1 N–H and O–H groups in total. The molecule has 0 aromatic carbocycles. The molecule has 1 amide bonds. The zero-order chi connectivity index (χ0) is 15.9. The first-order valence-electron chi connectivity index (χ1n) is 7.28. The number of ether oxygens (including phenoxy) is 1. The number of amides is 1. The van der Waals surface area contributed by atoms with Gasteiger partial charge in [0.1, 0.15) is 11.4 Å². The molecule has 2 rings (SSSR count). The molecule has 1 atom stereocenters. The molecule has 0 fully saturated rings. The first-order chi connectivity index (χ1) is 10.6. The summed E-state index contributed by atoms with van der Waals surface area (Å²) in [7, 11) is 1.83. The van der Waals surface area contributed by atoms with Crippen molar-refractivity contribution < 1.29 is 9.53 Å². The summed E-state index contributed by atoms with van der Waals surface area (Å²) in [4.78, 5) is 20.5. The molecule has 1 unspecified atom stereocenters. The summed E-state index contributed by atoms with van der Waals surface area (Å²) in [5.74, 6) is -0.00264. The van der Waals surface area contributed by atoms with Crippen LogP contribution in [-0.4, -0.2) is 50.7 Å². The van der Waals surface area contributed by atoms with E-state index in [1.54, 1.807) is 10.9 Å². The van der Waals surface area contributed by atoms with Gasteiger partial charge in [-0.1, -0.05) is 11.8 Å². The van der Waals surface area contributed by atoms with Crippen molar-refractivity contribution in [2.24, 2.45) is 7.05 Å². The minimum absolute atomic E-state index is 0.00264. The van der Waals surface area contributed by atoms with E-state index in [0.717, 1.165) is 22.5 Å². The third-order valence-electron chi connectivity index (χ3n) is 3.12. The monoisotopic (exact) mass is 323 g/mol. The average molecular weight is 323 g/mol. The van der Waals surface area contributed by atoms with Crippen LogP contribution in [-0.2, 0) is 16.6 Å². The lowest BCUT2D eigenvalue weighted by atomic mass is 10.4. The molecule has 2 aromatic rings. The van der Waals surface area contributed by atoms with Gasteiger partial charge in [0.05, 0.1) is 16.8 Å². The molecule has 0 saturated heterocycles. The number of carbonyl (C=O) groups excluding carboxylic acids is 1. The number of thioether (sulfide) groups is 1. The van der Waals surface area contributed by atoms with Crippen LogP contribution in [0.25, 0.3) is 11.0 Å². The first kappa shape index (κ1) is 16.7. The number of hydrogen-bond donors (Lipinski definition) is 1. The highest BCUT2D eigenvalue weighted by Crippen LogP contribution is 2.27. The Balaban J connectivity index is 1.90. The number of nitrogens with one attached hydrogen (secondary N) is 1. The minimum Gasteiger partial charge on any atom is -0.382 e. The lowest BCUT2D eigenvalue weighted by molar-refractivity contribution is -0.120. The molecule has 8 heteroatoms. The molecule has 0 saturated carbocycles. The predicted octanol–water partition coefficient (Wildman–Crippen LogP) is 1.39. The number of aryl methyl sites for hydroxylation is 1. The Morgan fingerprint density at radius 3 is 3.09 bits per heavy atom. The van der Waals surface area contributed by atoms with Gasteiger partial charge in [-0.15, -0.1) is 0 Å². The summed E-state index contributed by atoms with van der Waals surface area (Å²) in [6, 6.07) is 0. The van der Waals surface area contributed by atoms with Gasteiger partial charge in [0.15, 0.2) is 5.65 Å². The lowest BCUT2D eigenvalue weighted by Crippen LogP contribution is -2.32. The van der Waals surface area contributed by atoms with Crippen molar-refractivity contribution in [3.63, 3.8) is 0 Å². The number of nitrogens with zero attached hydrogens (tertiary/aromatic N) is 4. The zero-order valence-electron chi connectivity index (χ0n) is 13.1. The molecule has 22 heavy (non-hydrogen) atoms. The second kappa shape index (κ2) is 8.09. The molecule has 0 radical (unpaired) electrons. The summed E-state index contributed by atoms with van der Waals surface area (Å²) in [6.07, 6.45) is 4.04. The maximum atomic E-state index is 12.1. The van der Waals surface area contributed by atoms with Crippen molar-refractivity contribution in [1.29, 1.82) is 0 Å². The Hall–Kier alpha value is -1.67. The van der Waals surface area contributed by atoms with Gasteiger partial charge in [0.2, 0.25) is 5.91 Å². The Kier molecular flexibility index (Phi) is 6.14. The number of fused-ring (bicyclic) bond motifs is 1. The van der Waals surface area contributed by atoms with Gasteiger partial charge in [-0.3, -0.25) is 9.48 Å². The van der Waals surface area contributed by atoms with Gasteiger partial charge in [0, 0.05) is 26.8 Å². The van der Waals surface area contributed by atoms with Crippen LogP contribution in [0.15, 0.2) is 17.6 Å². The maximum absolute atomic E-state index is 12.1. The first-order valence-corrected chi connectivity index (χ1v) is 8.16. The highest BCUT2D eigenvalue weighted by molar-refractivity contribution is 8.00. The van der Waals surface area contributed by atoms with Crippen LogP contribution >= 0.6 is 11.8 Å². The quantitative estimate of drug-likeness (QED) is 0.449. The van der Waals surface area contributed by atoms with Crippen LogP contribution in [0.1, 0.15) is 20.3 Å². The highest BCUT2D eigenvalue weighted by Gasteiger charge is 2.17. The highest BCUT2D eigenvalue weighted by atomic mass is 32.2. The summed E-state index contributed by atoms with van der Waals surface area (Å²) in [5.41, 5.74) is 0.766. The van der Waals surface area contributed by atoms with E-state index in [1.807, 2.05) is 20.9 Å². The summed E-state index contributed by atoms with van der Waals surface area (Å²) in [6.45, 7) is 5.82. The van der Waals surface area contributed by atoms with Crippen molar-refractivity contribution in [2.45, 2.75) is 30.5 Å². The van der Waals surface area contributed by atoms with E-state index in [2.05, 4.69) is 20.4 Å². The predicted molar refractivity (Wildman–Crippen MR) is 85.7 cm³/mol. The zero-order valence-corrected chi connectivity index (χ0v) is 13.9. The third kappa shape index (κ3) is 4.17. The molecule has 2 aromatic heterocycles. The van der Waals surface area contributed by atoms with Crippen molar-refractivity contribution in [3.05, 3.63) is 12.5 Å². The fourth-order valence-electron chi connectivity index (χ4n) is 1.93. The normalized spacial score (nSPS) is 12.5. The Morgan fingerprint density at radius 1 is 1.50 bits per heavy atom. The summed E-state index contributed by atoms with van der Waals surface area (Å²) < 4.78 is 6.93. The second-order valence-electron chi connectivity index (χ2n) is 4.79. The van der Waals surface area contributed by atoms with E-state index >= 15 is 0 Å². The molecular weight excluding hydrogens is 302 g/mol. The number of rotatable bonds is 8. The van der Waals surface area contributed by atoms with E-state index in [0.29, 0.717) is 19.8 Å². The van der Waals surface area contributed by atoms with Crippen molar-refractivity contribution >= 4 is 28.7 Å². The Morgan fingerprint density at radius 2 is 2.32 bits per heavy atom. The van der Waals surface area contributed by atoms with Crippen molar-refractivity contribution in [3.8, 4) is 0 Å². The summed E-state index contributed by atoms with van der Waals surface area (Å²) in [5, 5.41) is 8.49. The number of hydrogen-bond acceptors (Lipinski definition) is 6. The summed E-state index contributed by atoms with van der Waals surface area (Å²) >= 11 is 1.42. The fourth-order valence-corrected chi connectivity index (χ4v) is 2.83. The molecule has 0 aliphatic carbocycles. The van der Waals surface area contributed by atoms with Gasteiger partial charge in [-0.2, -0.15) is 5.10 Å². The van der Waals surface area contributed by atoms with Crippen molar-refractivity contribution in [2.75, 3.05) is 19.8 Å². The topological polar surface area (TPSA) is 81.9 Å². The van der Waals surface area contributed by atoms with E-state index in [9.17, 15) is 4.79 Å². The van der Waals surface area contributed by atoms with Gasteiger partial charge < -0.3 is 10.1 Å². The lowest BCUT2D eigenvalue weighted by Gasteiger charge is -2.11. The second-order valence-corrected chi connectivity index (χ2v) is 6.12. The minimum atomic E-state index is -0.231. The molecule has 0 spiro atoms. The molecule has 120 valence electrons. The van der Waals surface area contributed by atoms with Crippen LogP contribution in [0.3, 0.4) is 0 Å². The molecule has 2 heterocycles. The van der Waals surface area contributed by atoms with Crippen LogP contribution in [0.4, 0.5) is 0 Å². The van der Waals surface area contributed by atoms with Gasteiger partial charge in [-0.25, -0.2) is 9.97 Å². The number of aromatic nitrogens is 4. The van der Waals surface area contributed by atoms with Gasteiger partial charge >= 0.3 is 0 Å². The van der Waals surface area contributed by atoms with Crippen LogP contribution < -0.4 is 5.32 Å². The van der Waals surface area contributed by atoms with E-state index in [1.165, 1.54) is 18.1 Å². The van der Waals surface area contributed by atoms with E-state index < -0.39 is 0 Å². The van der Waals surface area contributed by atoms with Crippen LogP contribution in [0.5, 0.6) is 0 Å². The largest absolute Gasteiger partial charge is 0.382 e. The molecule has 0 aliphatic heterocycles. The van der Waals surface area contributed by atoms with Crippen LogP contribution in [0.2, 0.25) is 0 Å². The molecule has 0 aliphatic rings. The third-order valence-corrected chi connectivity index (χ3v) is 4.24. The van der Waals surface area contributed by atoms with Gasteiger partial charge in [0.25, 0.3) is 0 Å². The number of carbonyl (C=O) groups is 1. The average Bonchev–Trinajstić information content (AvgIpc) is 2.89. The van der Waals surface area contributed by atoms with Crippen molar-refractivity contribution in [1.82, 2.24) is 25.1 Å². The van der Waals surface area contributed by atoms with E-state index in [4.69, 9.17) is 4.74 Å². The Labute approximate surface area is 133 Å². The fraction of sp³-hybridized carbons (Fsp3) is 0.571. The smallest absolute Gasteiger partial charge is 0.233 e. The van der Waals surface area contributed by atoms with Crippen LogP contribution in [0, 0.1) is 0 Å². The molecule has 0 bridgehead atoms.